The van der Waals surface area contributed by atoms with Crippen molar-refractivity contribution in [2.24, 2.45) is 0 Å². The van der Waals surface area contributed by atoms with Gasteiger partial charge in [0.1, 0.15) is 69.0 Å². The monoisotopic (exact) mass is 1400 g/mol. The number of carbonyl (C=O) groups excluding carboxylic acids is 11. The quantitative estimate of drug-likeness (QED) is 0.0150. The Bertz CT molecular complexity index is 4610. The lowest BCUT2D eigenvalue weighted by Gasteiger charge is -2.22. The van der Waals surface area contributed by atoms with Crippen LogP contribution in [0.5, 0.6) is 69.0 Å². The van der Waals surface area contributed by atoms with Gasteiger partial charge in [0.25, 0.3) is 38.8 Å². The number of phenols is 6. The molecule has 0 fully saturated rings. The Morgan fingerprint density at radius 3 is 0.913 bits per heavy atom. The van der Waals surface area contributed by atoms with Crippen LogP contribution in [-0.4, -0.2) is 126 Å². The van der Waals surface area contributed by atoms with Crippen molar-refractivity contribution in [3.63, 3.8) is 0 Å². The van der Waals surface area contributed by atoms with Gasteiger partial charge in [0.2, 0.25) is 0 Å². The van der Waals surface area contributed by atoms with Gasteiger partial charge < -0.3 is 74.6 Å². The summed E-state index contributed by atoms with van der Waals surface area (Å²) < 4.78 is 28.6. The Balaban J connectivity index is 0.000000203. The number of para-hydroxylation sites is 5. The molecule has 0 saturated heterocycles. The van der Waals surface area contributed by atoms with Crippen molar-refractivity contribution in [1.29, 1.82) is 0 Å². The average Bonchev–Trinajstić information content (AvgIpc) is 0.837. The molecular weight excluding hydrogens is 1330 g/mol. The molecule has 26 nitrogen and oxygen atoms in total. The fourth-order valence-corrected chi connectivity index (χ4v) is 9.51. The maximum absolute atomic E-state index is 12.6. The molecule has 0 radical (unpaired) electrons. The standard InChI is InChI=1S/C18H19NO4.C16H15NO4.C15H10O6.C14H11NO4.C14H10O5/c1-3-19(4-2)13-9-10-15(17(11-13)23-12-20)18(22)14-7-5-6-8-16(14)21;1-17(2)11-7-8-13(15(9-11)21-10-18)16(20)12-5-3-4-6-14(12)19;16-8-20-10-5-6-12(14(7-10)21-9-17)15(19)11-3-1-2-4-13(11)18;15-9-5-6-11(13(7-9)19-8-16)14(18)10-3-1-2-4-12(10)17;15-8-19-13-7-9(16)5-6-11(13)14(18)10-3-1-2-4-12(10)17/h5-12,21H,3-4H2,1-2H3;3-10,19H,1-2H3;1-9,18H;1-8,17H,15H2;1-8,16-17H. The second kappa shape index (κ2) is 38.5. The van der Waals surface area contributed by atoms with Gasteiger partial charge in [0, 0.05) is 74.6 Å². The van der Waals surface area contributed by atoms with E-state index in [2.05, 4.69) is 14.4 Å². The van der Waals surface area contributed by atoms with Gasteiger partial charge in [-0.25, -0.2) is 0 Å². The second-order valence-electron chi connectivity index (χ2n) is 21.0. The van der Waals surface area contributed by atoms with Gasteiger partial charge in [-0.2, -0.15) is 0 Å². The Morgan fingerprint density at radius 1 is 0.320 bits per heavy atom. The number of hydrogen-bond donors (Lipinski definition) is 7. The highest BCUT2D eigenvalue weighted by molar-refractivity contribution is 6.15. The summed E-state index contributed by atoms with van der Waals surface area (Å²) in [6.45, 7) is 6.95. The molecule has 0 atom stereocenters. The van der Waals surface area contributed by atoms with Gasteiger partial charge in [-0.05, 0) is 135 Å². The maximum atomic E-state index is 12.6. The third-order valence-electron chi connectivity index (χ3n) is 14.5. The number of nitrogens with zero attached hydrogens (tertiary/aromatic N) is 2. The first kappa shape index (κ1) is 77.6. The van der Waals surface area contributed by atoms with E-state index in [-0.39, 0.29) is 157 Å². The fourth-order valence-electron chi connectivity index (χ4n) is 9.51. The van der Waals surface area contributed by atoms with E-state index in [1.165, 1.54) is 109 Å². The lowest BCUT2D eigenvalue weighted by atomic mass is 10.0. The molecule has 0 aliphatic heterocycles. The van der Waals surface area contributed by atoms with Crippen LogP contribution in [0.3, 0.4) is 0 Å². The molecule has 10 aromatic rings. The Labute approximate surface area is 587 Å². The number of hydrogen-bond acceptors (Lipinski definition) is 26. The Hall–Kier alpha value is -14.4. The van der Waals surface area contributed by atoms with Crippen molar-refractivity contribution in [2.75, 3.05) is 42.7 Å². The molecule has 0 amide bonds. The van der Waals surface area contributed by atoms with Crippen LogP contribution in [0, 0.1) is 0 Å². The first-order valence-electron chi connectivity index (χ1n) is 30.4. The minimum atomic E-state index is -0.525. The molecule has 10 aromatic carbocycles. The summed E-state index contributed by atoms with van der Waals surface area (Å²) in [5, 5.41) is 57.9. The molecule has 0 aliphatic rings. The topological polar surface area (TPSA) is 397 Å². The largest absolute Gasteiger partial charge is 0.508 e. The van der Waals surface area contributed by atoms with Gasteiger partial charge in [-0.1, -0.05) is 60.7 Å². The number of benzene rings is 10. The smallest absolute Gasteiger partial charge is 0.298 e. The van der Waals surface area contributed by atoms with Crippen LogP contribution in [0.2, 0.25) is 0 Å². The third-order valence-corrected chi connectivity index (χ3v) is 14.5. The molecule has 26 heteroatoms. The first-order valence-corrected chi connectivity index (χ1v) is 30.4. The van der Waals surface area contributed by atoms with Gasteiger partial charge >= 0.3 is 0 Å². The number of carbonyl (C=O) groups is 11. The minimum absolute atomic E-state index is 0.0573. The van der Waals surface area contributed by atoms with Crippen LogP contribution >= 0.6 is 0 Å². The van der Waals surface area contributed by atoms with Crippen molar-refractivity contribution >= 4 is 84.8 Å². The summed E-state index contributed by atoms with van der Waals surface area (Å²) in [6.07, 6.45) is 0. The van der Waals surface area contributed by atoms with Crippen LogP contribution in [0.15, 0.2) is 212 Å². The average molecular weight is 1400 g/mol. The number of phenolic OH excluding ortho intramolecular Hbond substituents is 6. The van der Waals surface area contributed by atoms with E-state index in [0.29, 0.717) is 12.2 Å². The minimum Gasteiger partial charge on any atom is -0.508 e. The summed E-state index contributed by atoms with van der Waals surface area (Å²) in [5.74, 6) is -2.76. The molecule has 526 valence electrons. The molecule has 8 N–H and O–H groups in total. The van der Waals surface area contributed by atoms with E-state index >= 15 is 0 Å². The molecule has 0 bridgehead atoms. The maximum Gasteiger partial charge on any atom is 0.298 e. The van der Waals surface area contributed by atoms with E-state index in [4.69, 9.17) is 24.7 Å². The molecule has 0 unspecified atom stereocenters. The molecule has 10 rings (SSSR count). The van der Waals surface area contributed by atoms with E-state index < -0.39 is 28.9 Å². The molecular formula is C77H65N3O23. The normalized spacial score (nSPS) is 9.94. The second-order valence-corrected chi connectivity index (χ2v) is 21.0. The highest BCUT2D eigenvalue weighted by Gasteiger charge is 2.24. The van der Waals surface area contributed by atoms with Crippen molar-refractivity contribution in [1.82, 2.24) is 0 Å². The van der Waals surface area contributed by atoms with Crippen molar-refractivity contribution in [3.05, 3.63) is 268 Å². The van der Waals surface area contributed by atoms with Crippen molar-refractivity contribution in [2.45, 2.75) is 13.8 Å². The molecule has 0 aliphatic carbocycles. The molecule has 0 saturated carbocycles. The summed E-state index contributed by atoms with van der Waals surface area (Å²) in [6, 6.07) is 52.7. The number of anilines is 3. The third kappa shape index (κ3) is 20.8. The number of nitrogens with two attached hydrogens (primary N) is 1. The lowest BCUT2D eigenvalue weighted by Crippen LogP contribution is -2.22. The molecule has 103 heavy (non-hydrogen) atoms. The van der Waals surface area contributed by atoms with E-state index in [1.54, 1.807) is 97.1 Å². The Morgan fingerprint density at radius 2 is 0.592 bits per heavy atom. The van der Waals surface area contributed by atoms with Gasteiger partial charge in [-0.15, -0.1) is 0 Å². The molecule has 0 heterocycles. The van der Waals surface area contributed by atoms with Crippen LogP contribution in [0.25, 0.3) is 0 Å². The highest BCUT2D eigenvalue weighted by atomic mass is 16.5. The molecule has 0 spiro atoms. The zero-order valence-electron chi connectivity index (χ0n) is 55.2. The zero-order chi connectivity index (χ0) is 75.1. The van der Waals surface area contributed by atoms with Crippen LogP contribution in [0.1, 0.15) is 93.5 Å². The first-order chi connectivity index (χ1) is 49.6. The summed E-state index contributed by atoms with van der Waals surface area (Å²) in [5.41, 5.74) is 8.93. The van der Waals surface area contributed by atoms with Crippen molar-refractivity contribution in [3.8, 4) is 69.0 Å². The fraction of sp³-hybridized carbons (Fsp3) is 0.0779. The van der Waals surface area contributed by atoms with E-state index in [9.17, 15) is 83.4 Å². The Kier molecular flexibility index (Phi) is 29.0. The summed E-state index contributed by atoms with van der Waals surface area (Å²) in [4.78, 5) is 129. The van der Waals surface area contributed by atoms with Crippen LogP contribution < -0.4 is 44.0 Å². The van der Waals surface area contributed by atoms with Gasteiger partial charge in [0.15, 0.2) is 28.9 Å². The number of ether oxygens (including phenoxy) is 6. The zero-order valence-corrected chi connectivity index (χ0v) is 55.2. The number of ketones is 5. The SMILES string of the molecule is CCN(CC)c1ccc(C(=O)c2ccccc2O)c(OC=O)c1.CN(C)c1ccc(C(=O)c2ccccc2O)c(OC=O)c1.Nc1ccc(C(=O)c2ccccc2O)c(OC=O)c1.O=COc1cc(O)ccc1C(=O)c1ccccc1O.O=COc1ccc(C(=O)c2ccccc2O)c(OC=O)c1. The van der Waals surface area contributed by atoms with Crippen LogP contribution in [-0.2, 0) is 28.8 Å². The predicted molar refractivity (Wildman–Crippen MR) is 374 cm³/mol. The predicted octanol–water partition coefficient (Wildman–Crippen LogP) is 10.5. The van der Waals surface area contributed by atoms with Crippen molar-refractivity contribution < 1.29 is 112 Å². The summed E-state index contributed by atoms with van der Waals surface area (Å²) >= 11 is 0. The van der Waals surface area contributed by atoms with E-state index in [0.717, 1.165) is 30.5 Å². The lowest BCUT2D eigenvalue weighted by molar-refractivity contribution is -0.121. The number of aromatic hydroxyl groups is 6. The number of rotatable bonds is 26. The number of nitrogen functional groups attached to an aromatic ring is 1. The van der Waals surface area contributed by atoms with Crippen LogP contribution in [0.4, 0.5) is 17.1 Å². The highest BCUT2D eigenvalue weighted by Crippen LogP contribution is 2.35. The summed E-state index contributed by atoms with van der Waals surface area (Å²) in [7, 11) is 3.68. The van der Waals surface area contributed by atoms with Gasteiger partial charge in [0.05, 0.1) is 55.6 Å². The molecule has 0 aromatic heterocycles. The van der Waals surface area contributed by atoms with E-state index in [1.807, 2.05) is 32.8 Å². The van der Waals surface area contributed by atoms with Gasteiger partial charge in [-0.3, -0.25) is 52.7 Å².